The Morgan fingerprint density at radius 3 is 2.52 bits per heavy atom. The van der Waals surface area contributed by atoms with Crippen molar-refractivity contribution in [3.63, 3.8) is 0 Å². The zero-order valence-electron chi connectivity index (χ0n) is 16.0. The van der Waals surface area contributed by atoms with E-state index in [-0.39, 0.29) is 41.7 Å². The number of carbonyl (C=O) groups excluding carboxylic acids is 1. The number of carbonyl (C=O) groups is 1. The molecule has 1 heterocycles. The number of nitrogens with zero attached hydrogens (tertiary/aromatic N) is 3. The van der Waals surface area contributed by atoms with E-state index in [1.54, 1.807) is 13.1 Å². The van der Waals surface area contributed by atoms with Crippen LogP contribution in [-0.2, 0) is 11.3 Å². The Hall–Kier alpha value is -0.940. The first-order chi connectivity index (χ1) is 12.4. The number of benzene rings is 1. The van der Waals surface area contributed by atoms with Crippen molar-refractivity contribution in [3.05, 3.63) is 34.1 Å². The summed E-state index contributed by atoms with van der Waals surface area (Å²) < 4.78 is 14.1. The molecule has 0 aliphatic carbocycles. The van der Waals surface area contributed by atoms with Crippen molar-refractivity contribution in [1.29, 1.82) is 0 Å². The predicted molar refractivity (Wildman–Crippen MR) is 121 cm³/mol. The lowest BCUT2D eigenvalue weighted by Crippen LogP contribution is -2.54. The van der Waals surface area contributed by atoms with Gasteiger partial charge in [0.15, 0.2) is 5.96 Å². The van der Waals surface area contributed by atoms with Gasteiger partial charge in [-0.25, -0.2) is 4.39 Å². The monoisotopic (exact) mass is 555 g/mol. The van der Waals surface area contributed by atoms with Gasteiger partial charge in [0.25, 0.3) is 0 Å². The van der Waals surface area contributed by atoms with Crippen LogP contribution >= 0.6 is 39.9 Å². The molecule has 0 spiro atoms. The van der Waals surface area contributed by atoms with Crippen LogP contribution in [0.25, 0.3) is 0 Å². The molecule has 152 valence electrons. The minimum Gasteiger partial charge on any atom is -0.353 e. The van der Waals surface area contributed by atoms with Crippen molar-refractivity contribution >= 4 is 51.8 Å². The third-order valence-electron chi connectivity index (χ3n) is 4.14. The second-order valence-electron chi connectivity index (χ2n) is 6.63. The molecule has 2 rings (SSSR count). The van der Waals surface area contributed by atoms with Gasteiger partial charge < -0.3 is 15.5 Å². The van der Waals surface area contributed by atoms with Crippen molar-refractivity contribution in [1.82, 2.24) is 20.4 Å². The highest BCUT2D eigenvalue weighted by Gasteiger charge is 2.21. The predicted octanol–water partition coefficient (Wildman–Crippen LogP) is 2.42. The van der Waals surface area contributed by atoms with Gasteiger partial charge >= 0.3 is 0 Å². The van der Waals surface area contributed by atoms with Crippen LogP contribution in [0.1, 0.15) is 19.4 Å². The fourth-order valence-corrected chi connectivity index (χ4v) is 3.10. The summed E-state index contributed by atoms with van der Waals surface area (Å²) in [6.45, 7) is 8.06. The highest BCUT2D eigenvalue weighted by Crippen LogP contribution is 2.16. The van der Waals surface area contributed by atoms with Crippen LogP contribution in [0.5, 0.6) is 0 Å². The molecule has 1 aromatic carbocycles. The second kappa shape index (κ2) is 11.8. The number of piperazine rings is 1. The maximum Gasteiger partial charge on any atom is 0.234 e. The average molecular weight is 556 g/mol. The summed E-state index contributed by atoms with van der Waals surface area (Å²) in [4.78, 5) is 20.5. The van der Waals surface area contributed by atoms with Gasteiger partial charge in [-0.1, -0.05) is 6.07 Å². The highest BCUT2D eigenvalue weighted by molar-refractivity contribution is 14.0. The van der Waals surface area contributed by atoms with E-state index in [2.05, 4.69) is 41.4 Å². The van der Waals surface area contributed by atoms with Gasteiger partial charge in [-0.2, -0.15) is 0 Å². The topological polar surface area (TPSA) is 60.0 Å². The van der Waals surface area contributed by atoms with Crippen LogP contribution in [0, 0.1) is 5.82 Å². The third kappa shape index (κ3) is 7.90. The molecule has 0 aromatic heterocycles. The van der Waals surface area contributed by atoms with Crippen molar-refractivity contribution in [2.45, 2.75) is 26.4 Å². The fourth-order valence-electron chi connectivity index (χ4n) is 2.85. The zero-order chi connectivity index (χ0) is 19.1. The SMILES string of the molecule is CN=C(NCc1ccc(Br)c(F)c1)N1CCN(CC(=O)NC(C)C)CC1.I. The van der Waals surface area contributed by atoms with Gasteiger partial charge in [0.05, 0.1) is 11.0 Å². The molecule has 1 aliphatic rings. The molecule has 0 bridgehead atoms. The summed E-state index contributed by atoms with van der Waals surface area (Å²) in [5, 5.41) is 6.20. The molecule has 0 saturated carbocycles. The molecular formula is C18H28BrFIN5O. The molecule has 1 fully saturated rings. The van der Waals surface area contributed by atoms with Crippen LogP contribution in [0.4, 0.5) is 4.39 Å². The Balaban J connectivity index is 0.00000364. The summed E-state index contributed by atoms with van der Waals surface area (Å²) in [6, 6.07) is 5.25. The average Bonchev–Trinajstić information content (AvgIpc) is 2.59. The highest BCUT2D eigenvalue weighted by atomic mass is 127. The number of nitrogens with one attached hydrogen (secondary N) is 2. The third-order valence-corrected chi connectivity index (χ3v) is 4.78. The normalized spacial score (nSPS) is 15.5. The van der Waals surface area contributed by atoms with Gasteiger partial charge in [0.1, 0.15) is 5.82 Å². The first-order valence-corrected chi connectivity index (χ1v) is 9.59. The van der Waals surface area contributed by atoms with Crippen molar-refractivity contribution in [3.8, 4) is 0 Å². The molecular weight excluding hydrogens is 528 g/mol. The van der Waals surface area contributed by atoms with E-state index in [1.165, 1.54) is 6.07 Å². The summed E-state index contributed by atoms with van der Waals surface area (Å²) in [5.41, 5.74) is 0.857. The van der Waals surface area contributed by atoms with Crippen molar-refractivity contribution in [2.24, 2.45) is 4.99 Å². The van der Waals surface area contributed by atoms with E-state index in [0.29, 0.717) is 17.6 Å². The first-order valence-electron chi connectivity index (χ1n) is 8.80. The van der Waals surface area contributed by atoms with Crippen LogP contribution < -0.4 is 10.6 Å². The molecule has 27 heavy (non-hydrogen) atoms. The van der Waals surface area contributed by atoms with Gasteiger partial charge in [0.2, 0.25) is 5.91 Å². The molecule has 1 amide bonds. The molecule has 0 atom stereocenters. The fraction of sp³-hybridized carbons (Fsp3) is 0.556. The summed E-state index contributed by atoms with van der Waals surface area (Å²) in [5.74, 6) is 0.584. The molecule has 6 nitrogen and oxygen atoms in total. The van der Waals surface area contributed by atoms with Gasteiger partial charge in [-0.05, 0) is 47.5 Å². The Kier molecular flexibility index (Phi) is 10.5. The van der Waals surface area contributed by atoms with E-state index >= 15 is 0 Å². The largest absolute Gasteiger partial charge is 0.353 e. The van der Waals surface area contributed by atoms with Gasteiger partial charge in [-0.3, -0.25) is 14.7 Å². The number of guanidine groups is 1. The second-order valence-corrected chi connectivity index (χ2v) is 7.49. The van der Waals surface area contributed by atoms with Crippen LogP contribution in [0.3, 0.4) is 0 Å². The van der Waals surface area contributed by atoms with Crippen molar-refractivity contribution in [2.75, 3.05) is 39.8 Å². The van der Waals surface area contributed by atoms with E-state index in [4.69, 9.17) is 0 Å². The zero-order valence-corrected chi connectivity index (χ0v) is 19.9. The Morgan fingerprint density at radius 1 is 1.30 bits per heavy atom. The Bertz CT molecular complexity index is 651. The van der Waals surface area contributed by atoms with Crippen LogP contribution in [0.15, 0.2) is 27.7 Å². The van der Waals surface area contributed by atoms with E-state index < -0.39 is 0 Å². The van der Waals surface area contributed by atoms with Crippen LogP contribution in [-0.4, -0.2) is 67.5 Å². The first kappa shape index (κ1) is 24.1. The minimum absolute atomic E-state index is 0. The lowest BCUT2D eigenvalue weighted by molar-refractivity contribution is -0.123. The molecule has 1 aliphatic heterocycles. The lowest BCUT2D eigenvalue weighted by atomic mass is 10.2. The Labute approximate surface area is 186 Å². The standard InChI is InChI=1S/C18H27BrFN5O.HI/c1-13(2)23-17(26)12-24-6-8-25(9-7-24)18(21-3)22-11-14-4-5-15(19)16(20)10-14;/h4-5,10,13H,6-9,11-12H2,1-3H3,(H,21,22)(H,23,26);1H. The smallest absolute Gasteiger partial charge is 0.234 e. The van der Waals surface area contributed by atoms with E-state index in [9.17, 15) is 9.18 Å². The molecule has 0 unspecified atom stereocenters. The molecule has 1 saturated heterocycles. The number of halogens is 3. The molecule has 1 aromatic rings. The number of hydrogen-bond donors (Lipinski definition) is 2. The number of hydrogen-bond acceptors (Lipinski definition) is 3. The quantitative estimate of drug-likeness (QED) is 0.333. The summed E-state index contributed by atoms with van der Waals surface area (Å²) >= 11 is 3.16. The number of amides is 1. The molecule has 2 N–H and O–H groups in total. The molecule has 9 heteroatoms. The van der Waals surface area contributed by atoms with Crippen LogP contribution in [0.2, 0.25) is 0 Å². The Morgan fingerprint density at radius 2 is 1.96 bits per heavy atom. The maximum atomic E-state index is 13.6. The maximum absolute atomic E-state index is 13.6. The summed E-state index contributed by atoms with van der Waals surface area (Å²) in [7, 11) is 1.74. The van der Waals surface area contributed by atoms with E-state index in [0.717, 1.165) is 37.7 Å². The number of rotatable bonds is 5. The van der Waals surface area contributed by atoms with Gasteiger partial charge in [-0.15, -0.1) is 24.0 Å². The van der Waals surface area contributed by atoms with Crippen molar-refractivity contribution < 1.29 is 9.18 Å². The lowest BCUT2D eigenvalue weighted by Gasteiger charge is -2.36. The number of aliphatic imine (C=N–C) groups is 1. The summed E-state index contributed by atoms with van der Waals surface area (Å²) in [6.07, 6.45) is 0. The van der Waals surface area contributed by atoms with Gasteiger partial charge in [0, 0.05) is 45.8 Å². The van der Waals surface area contributed by atoms with E-state index in [1.807, 2.05) is 19.9 Å². The minimum atomic E-state index is -0.271. The molecule has 0 radical (unpaired) electrons.